The molecule has 0 spiro atoms. The zero-order chi connectivity index (χ0) is 21.8. The lowest BCUT2D eigenvalue weighted by Gasteiger charge is -2.34. The molecule has 3 aromatic heterocycles. The predicted octanol–water partition coefficient (Wildman–Crippen LogP) is 3.74. The van der Waals surface area contributed by atoms with Crippen molar-refractivity contribution in [1.29, 1.82) is 5.26 Å². The van der Waals surface area contributed by atoms with E-state index in [2.05, 4.69) is 51.2 Å². The van der Waals surface area contributed by atoms with Crippen LogP contribution in [0, 0.1) is 17.1 Å². The first-order chi connectivity index (χ1) is 15.6. The Morgan fingerprint density at radius 1 is 1.25 bits per heavy atom. The lowest BCUT2D eigenvalue weighted by Crippen LogP contribution is -2.36. The van der Waals surface area contributed by atoms with Gasteiger partial charge in [-0.1, -0.05) is 12.1 Å². The Bertz CT molecular complexity index is 1370. The molecule has 8 heteroatoms. The van der Waals surface area contributed by atoms with E-state index < -0.39 is 5.82 Å². The normalized spacial score (nSPS) is 21.1. The number of hydrogen-bond donors (Lipinski definition) is 1. The van der Waals surface area contributed by atoms with E-state index in [1.807, 2.05) is 6.07 Å². The fourth-order valence-electron chi connectivity index (χ4n) is 5.30. The van der Waals surface area contributed by atoms with Gasteiger partial charge in [-0.25, -0.2) is 8.91 Å². The summed E-state index contributed by atoms with van der Waals surface area (Å²) in [5, 5.41) is 23.0. The molecule has 2 aliphatic heterocycles. The first kappa shape index (κ1) is 19.3. The topological polar surface area (TPSA) is 74.2 Å². The Kier molecular flexibility index (Phi) is 4.40. The van der Waals surface area contributed by atoms with E-state index in [4.69, 9.17) is 5.10 Å². The molecule has 4 aromatic rings. The molecule has 0 aliphatic carbocycles. The van der Waals surface area contributed by atoms with Crippen LogP contribution in [0.3, 0.4) is 0 Å². The van der Waals surface area contributed by atoms with Crippen molar-refractivity contribution in [1.82, 2.24) is 24.7 Å². The van der Waals surface area contributed by atoms with Crippen LogP contribution in [0.1, 0.15) is 48.7 Å². The number of rotatable bonds is 2. The maximum Gasteiger partial charge on any atom is 0.171 e. The molecule has 7 nitrogen and oxygen atoms in total. The standard InChI is InChI=1S/C24H24FN7/c1-15-13-30(22-7-5-18(10-26)32-24(22)20(25)12-28-32)14-23-19-6-4-16(9-21(19)29-31(15)23)17-3-2-8-27-11-17/h4-7,9,12,15,17,27H,2-3,8,11,13-14H2,1H3/t15-,17?/m1/s1. The Morgan fingerprint density at radius 2 is 2.16 bits per heavy atom. The summed E-state index contributed by atoms with van der Waals surface area (Å²) in [6, 6.07) is 12.4. The van der Waals surface area contributed by atoms with Crippen LogP contribution in [-0.4, -0.2) is 39.0 Å². The lowest BCUT2D eigenvalue weighted by molar-refractivity contribution is 0.430. The fraction of sp³-hybridized carbons (Fsp3) is 0.375. The van der Waals surface area contributed by atoms with Gasteiger partial charge in [-0.15, -0.1) is 0 Å². The van der Waals surface area contributed by atoms with Gasteiger partial charge in [0.25, 0.3) is 0 Å². The molecule has 162 valence electrons. The van der Waals surface area contributed by atoms with Crippen LogP contribution in [-0.2, 0) is 6.54 Å². The van der Waals surface area contributed by atoms with Crippen LogP contribution in [0.15, 0.2) is 36.5 Å². The number of benzene rings is 1. The second-order valence-corrected chi connectivity index (χ2v) is 8.91. The van der Waals surface area contributed by atoms with Gasteiger partial charge in [0.15, 0.2) is 5.82 Å². The second-order valence-electron chi connectivity index (χ2n) is 8.91. The summed E-state index contributed by atoms with van der Waals surface area (Å²) < 4.78 is 18.2. The van der Waals surface area contributed by atoms with Crippen molar-refractivity contribution in [2.24, 2.45) is 0 Å². The smallest absolute Gasteiger partial charge is 0.171 e. The zero-order valence-corrected chi connectivity index (χ0v) is 17.9. The average molecular weight is 430 g/mol. The first-order valence-corrected chi connectivity index (χ1v) is 11.2. The molecule has 1 fully saturated rings. The van der Waals surface area contributed by atoms with Crippen molar-refractivity contribution in [3.05, 3.63) is 59.3 Å². The van der Waals surface area contributed by atoms with Gasteiger partial charge >= 0.3 is 0 Å². The third-order valence-electron chi connectivity index (χ3n) is 6.89. The molecule has 1 saturated heterocycles. The maximum absolute atomic E-state index is 14.6. The van der Waals surface area contributed by atoms with Crippen molar-refractivity contribution in [3.8, 4) is 6.07 Å². The van der Waals surface area contributed by atoms with E-state index in [-0.39, 0.29) is 6.04 Å². The molecular formula is C24H24FN7. The van der Waals surface area contributed by atoms with Gasteiger partial charge in [0.05, 0.1) is 35.7 Å². The Labute approximate surface area is 185 Å². The molecule has 6 rings (SSSR count). The maximum atomic E-state index is 14.6. The molecule has 1 unspecified atom stereocenters. The number of fused-ring (bicyclic) bond motifs is 4. The van der Waals surface area contributed by atoms with Crippen LogP contribution in [0.25, 0.3) is 16.4 Å². The molecule has 2 aliphatic rings. The van der Waals surface area contributed by atoms with Gasteiger partial charge in [0, 0.05) is 18.5 Å². The minimum atomic E-state index is -0.417. The summed E-state index contributed by atoms with van der Waals surface area (Å²) in [4.78, 5) is 2.17. The minimum absolute atomic E-state index is 0.132. The summed E-state index contributed by atoms with van der Waals surface area (Å²) in [5.74, 6) is 0.122. The Morgan fingerprint density at radius 3 is 2.97 bits per heavy atom. The highest BCUT2D eigenvalue weighted by molar-refractivity contribution is 5.84. The van der Waals surface area contributed by atoms with Crippen LogP contribution in [0.2, 0.25) is 0 Å². The number of nitrogens with zero attached hydrogens (tertiary/aromatic N) is 6. The predicted molar refractivity (Wildman–Crippen MR) is 120 cm³/mol. The van der Waals surface area contributed by atoms with E-state index in [1.165, 1.54) is 29.1 Å². The number of halogens is 1. The monoisotopic (exact) mass is 429 g/mol. The number of piperidine rings is 1. The number of nitrogens with one attached hydrogen (secondary N) is 1. The summed E-state index contributed by atoms with van der Waals surface area (Å²) >= 11 is 0. The van der Waals surface area contributed by atoms with Crippen LogP contribution < -0.4 is 10.2 Å². The SMILES string of the molecule is C[C@@H]1CN(c2ccc(C#N)n3ncc(F)c23)Cc2c3ccc(C4CCCNC4)cc3nn21. The number of pyridine rings is 1. The van der Waals surface area contributed by atoms with Gasteiger partial charge in [0.1, 0.15) is 17.3 Å². The molecule has 32 heavy (non-hydrogen) atoms. The van der Waals surface area contributed by atoms with E-state index in [1.54, 1.807) is 6.07 Å². The number of aromatic nitrogens is 4. The average Bonchev–Trinajstić information content (AvgIpc) is 3.40. The number of nitriles is 1. The molecule has 5 heterocycles. The molecule has 1 aromatic carbocycles. The van der Waals surface area contributed by atoms with Crippen molar-refractivity contribution in [3.63, 3.8) is 0 Å². The van der Waals surface area contributed by atoms with Gasteiger partial charge in [-0.3, -0.25) is 4.68 Å². The van der Waals surface area contributed by atoms with E-state index in [0.29, 0.717) is 30.2 Å². The van der Waals surface area contributed by atoms with Crippen molar-refractivity contribution in [2.45, 2.75) is 38.3 Å². The molecule has 0 saturated carbocycles. The lowest BCUT2D eigenvalue weighted by atomic mass is 9.91. The van der Waals surface area contributed by atoms with Gasteiger partial charge in [-0.05, 0) is 56.0 Å². The molecule has 2 atom stereocenters. The van der Waals surface area contributed by atoms with E-state index in [9.17, 15) is 9.65 Å². The Balaban J connectivity index is 1.41. The van der Waals surface area contributed by atoms with Crippen molar-refractivity contribution < 1.29 is 4.39 Å². The summed E-state index contributed by atoms with van der Waals surface area (Å²) in [7, 11) is 0. The second kappa shape index (κ2) is 7.31. The number of anilines is 1. The highest BCUT2D eigenvalue weighted by Crippen LogP contribution is 2.35. The quantitative estimate of drug-likeness (QED) is 0.525. The van der Waals surface area contributed by atoms with Crippen LogP contribution in [0.5, 0.6) is 0 Å². The van der Waals surface area contributed by atoms with Crippen molar-refractivity contribution in [2.75, 3.05) is 24.5 Å². The fourth-order valence-corrected chi connectivity index (χ4v) is 5.30. The molecule has 0 radical (unpaired) electrons. The van der Waals surface area contributed by atoms with Crippen molar-refractivity contribution >= 4 is 22.1 Å². The largest absolute Gasteiger partial charge is 0.362 e. The van der Waals surface area contributed by atoms with Gasteiger partial charge in [-0.2, -0.15) is 15.5 Å². The van der Waals surface area contributed by atoms with E-state index in [0.717, 1.165) is 35.4 Å². The van der Waals surface area contributed by atoms with Gasteiger partial charge < -0.3 is 10.2 Å². The summed E-state index contributed by atoms with van der Waals surface area (Å²) in [6.07, 6.45) is 3.59. The Hall–Kier alpha value is -3.44. The molecular weight excluding hydrogens is 405 g/mol. The molecule has 0 bridgehead atoms. The van der Waals surface area contributed by atoms with Crippen LogP contribution >= 0.6 is 0 Å². The molecule has 0 amide bonds. The summed E-state index contributed by atoms with van der Waals surface area (Å²) in [5.41, 5.74) is 4.92. The van der Waals surface area contributed by atoms with E-state index >= 15 is 0 Å². The third-order valence-corrected chi connectivity index (χ3v) is 6.89. The minimum Gasteiger partial charge on any atom is -0.362 e. The molecule has 1 N–H and O–H groups in total. The third kappa shape index (κ3) is 2.88. The number of hydrogen-bond acceptors (Lipinski definition) is 5. The van der Waals surface area contributed by atoms with Gasteiger partial charge in [0.2, 0.25) is 0 Å². The highest BCUT2D eigenvalue weighted by atomic mass is 19.1. The summed E-state index contributed by atoms with van der Waals surface area (Å²) in [6.45, 7) is 5.59. The first-order valence-electron chi connectivity index (χ1n) is 11.2. The van der Waals surface area contributed by atoms with Crippen LogP contribution in [0.4, 0.5) is 10.1 Å². The highest BCUT2D eigenvalue weighted by Gasteiger charge is 2.28. The zero-order valence-electron chi connectivity index (χ0n) is 17.9.